The number of hydrogen-bond acceptors (Lipinski definition) is 6. The Balaban J connectivity index is 1.83. The lowest BCUT2D eigenvalue weighted by Crippen LogP contribution is -2.40. The van der Waals surface area contributed by atoms with Crippen molar-refractivity contribution in [2.45, 2.75) is 25.0 Å². The van der Waals surface area contributed by atoms with Crippen LogP contribution in [0.4, 0.5) is 4.79 Å². The largest absolute Gasteiger partial charge is 0.338 e. The van der Waals surface area contributed by atoms with Gasteiger partial charge in [0.25, 0.3) is 0 Å². The highest BCUT2D eigenvalue weighted by Gasteiger charge is 2.12. The number of amides is 3. The Kier molecular flexibility index (Phi) is 6.55. The minimum absolute atomic E-state index is 0.0642. The van der Waals surface area contributed by atoms with E-state index in [1.807, 2.05) is 37.3 Å². The number of urea groups is 1. The van der Waals surface area contributed by atoms with E-state index in [0.29, 0.717) is 18.2 Å². The Hall–Kier alpha value is -2.42. The number of carbonyl (C=O) groups excluding carboxylic acids is 2. The van der Waals surface area contributed by atoms with E-state index in [4.69, 9.17) is 0 Å². The predicted octanol–water partition coefficient (Wildman–Crippen LogP) is 1.05. The van der Waals surface area contributed by atoms with E-state index in [9.17, 15) is 9.59 Å². The predicted molar refractivity (Wildman–Crippen MR) is 85.9 cm³/mol. The number of thioether (sulfide) groups is 1. The Morgan fingerprint density at radius 3 is 2.78 bits per heavy atom. The first-order valence-corrected chi connectivity index (χ1v) is 8.18. The summed E-state index contributed by atoms with van der Waals surface area (Å²) in [4.78, 5) is 23.1. The number of benzene rings is 1. The maximum absolute atomic E-state index is 11.7. The lowest BCUT2D eigenvalue weighted by Gasteiger charge is -2.06. The first-order valence-electron chi connectivity index (χ1n) is 7.19. The zero-order chi connectivity index (χ0) is 16.5. The molecule has 0 saturated carbocycles. The summed E-state index contributed by atoms with van der Waals surface area (Å²) < 4.78 is 1.62. The molecule has 0 bridgehead atoms. The summed E-state index contributed by atoms with van der Waals surface area (Å²) in [6, 6.07) is 9.28. The molecule has 0 atom stereocenters. The van der Waals surface area contributed by atoms with Crippen molar-refractivity contribution in [3.63, 3.8) is 0 Å². The molecule has 0 aliphatic heterocycles. The van der Waals surface area contributed by atoms with Crippen LogP contribution in [0.3, 0.4) is 0 Å². The Morgan fingerprint density at radius 2 is 2.04 bits per heavy atom. The van der Waals surface area contributed by atoms with Crippen LogP contribution in [0, 0.1) is 0 Å². The van der Waals surface area contributed by atoms with Gasteiger partial charge in [-0.15, -0.1) is 5.10 Å². The summed E-state index contributed by atoms with van der Waals surface area (Å²) in [6.07, 6.45) is 0.810. The smallest absolute Gasteiger partial charge is 0.321 e. The lowest BCUT2D eigenvalue weighted by molar-refractivity contribution is -0.117. The van der Waals surface area contributed by atoms with Gasteiger partial charge in [0.15, 0.2) is 0 Å². The molecule has 9 heteroatoms. The van der Waals surface area contributed by atoms with Crippen LogP contribution in [-0.2, 0) is 11.3 Å². The number of aromatic nitrogens is 4. The number of rotatable bonds is 7. The summed E-state index contributed by atoms with van der Waals surface area (Å²) in [5, 5.41) is 16.8. The number of imide groups is 1. The maximum Gasteiger partial charge on any atom is 0.321 e. The van der Waals surface area contributed by atoms with Gasteiger partial charge in [-0.2, -0.15) is 0 Å². The maximum atomic E-state index is 11.7. The normalized spacial score (nSPS) is 10.3. The van der Waals surface area contributed by atoms with Crippen molar-refractivity contribution in [1.82, 2.24) is 30.8 Å². The number of hydrogen-bond donors (Lipinski definition) is 2. The highest BCUT2D eigenvalue weighted by atomic mass is 32.2. The van der Waals surface area contributed by atoms with E-state index in [2.05, 4.69) is 26.2 Å². The average molecular weight is 334 g/mol. The fourth-order valence-electron chi connectivity index (χ4n) is 1.73. The molecule has 0 spiro atoms. The van der Waals surface area contributed by atoms with Gasteiger partial charge in [0.1, 0.15) is 0 Å². The summed E-state index contributed by atoms with van der Waals surface area (Å²) in [6.45, 7) is 2.99. The van der Waals surface area contributed by atoms with Crippen LogP contribution in [0.1, 0.15) is 18.9 Å². The van der Waals surface area contributed by atoms with Crippen molar-refractivity contribution in [3.05, 3.63) is 35.9 Å². The van der Waals surface area contributed by atoms with Gasteiger partial charge in [0.05, 0.1) is 12.3 Å². The Labute approximate surface area is 138 Å². The van der Waals surface area contributed by atoms with E-state index in [1.165, 1.54) is 11.8 Å². The second kappa shape index (κ2) is 8.89. The van der Waals surface area contributed by atoms with Crippen LogP contribution in [0.2, 0.25) is 0 Å². The molecule has 0 aliphatic carbocycles. The molecule has 0 saturated heterocycles. The highest BCUT2D eigenvalue weighted by Crippen LogP contribution is 2.14. The molecular weight excluding hydrogens is 316 g/mol. The minimum Gasteiger partial charge on any atom is -0.338 e. The van der Waals surface area contributed by atoms with Crippen LogP contribution in [-0.4, -0.2) is 44.4 Å². The summed E-state index contributed by atoms with van der Waals surface area (Å²) >= 11 is 1.18. The molecule has 0 fully saturated rings. The fourth-order valence-corrected chi connectivity index (χ4v) is 2.41. The molecule has 23 heavy (non-hydrogen) atoms. The molecule has 2 aromatic rings. The lowest BCUT2D eigenvalue weighted by atomic mass is 10.2. The zero-order valence-electron chi connectivity index (χ0n) is 12.7. The molecule has 1 heterocycles. The second-order valence-corrected chi connectivity index (χ2v) is 5.64. The Bertz CT molecular complexity index is 646. The van der Waals surface area contributed by atoms with Crippen LogP contribution in [0.25, 0.3) is 0 Å². The monoisotopic (exact) mass is 334 g/mol. The Morgan fingerprint density at radius 1 is 1.26 bits per heavy atom. The first kappa shape index (κ1) is 16.9. The van der Waals surface area contributed by atoms with Crippen molar-refractivity contribution in [1.29, 1.82) is 0 Å². The summed E-state index contributed by atoms with van der Waals surface area (Å²) in [7, 11) is 0. The van der Waals surface area contributed by atoms with Gasteiger partial charge in [-0.3, -0.25) is 10.1 Å². The number of nitrogens with one attached hydrogen (secondary N) is 2. The van der Waals surface area contributed by atoms with Crippen molar-refractivity contribution in [3.8, 4) is 0 Å². The van der Waals surface area contributed by atoms with Gasteiger partial charge in [-0.25, -0.2) is 9.48 Å². The molecule has 0 unspecified atom stereocenters. The van der Waals surface area contributed by atoms with Gasteiger partial charge in [-0.05, 0) is 22.4 Å². The quantitative estimate of drug-likeness (QED) is 0.734. The SMILES string of the molecule is CCCNC(=O)NC(=O)CSc1nnnn1Cc1ccccc1. The molecule has 0 radical (unpaired) electrons. The number of carbonyl (C=O) groups is 2. The van der Waals surface area contributed by atoms with Crippen LogP contribution in [0.15, 0.2) is 35.5 Å². The van der Waals surface area contributed by atoms with Crippen molar-refractivity contribution < 1.29 is 9.59 Å². The van der Waals surface area contributed by atoms with Crippen LogP contribution >= 0.6 is 11.8 Å². The van der Waals surface area contributed by atoms with Crippen LogP contribution in [0.5, 0.6) is 0 Å². The molecule has 1 aromatic heterocycles. The summed E-state index contributed by atoms with van der Waals surface area (Å²) in [5.41, 5.74) is 1.06. The van der Waals surface area contributed by atoms with Crippen LogP contribution < -0.4 is 10.6 Å². The van der Waals surface area contributed by atoms with E-state index < -0.39 is 11.9 Å². The van der Waals surface area contributed by atoms with Gasteiger partial charge in [0.2, 0.25) is 11.1 Å². The zero-order valence-corrected chi connectivity index (χ0v) is 13.5. The van der Waals surface area contributed by atoms with Crippen molar-refractivity contribution in [2.24, 2.45) is 0 Å². The van der Waals surface area contributed by atoms with E-state index in [0.717, 1.165) is 12.0 Å². The van der Waals surface area contributed by atoms with E-state index in [-0.39, 0.29) is 5.75 Å². The standard InChI is InChI=1S/C14H18N6O2S/c1-2-8-15-13(22)16-12(21)10-23-14-17-18-19-20(14)9-11-6-4-3-5-7-11/h3-7H,2,8-10H2,1H3,(H2,15,16,21,22). The molecule has 0 aliphatic rings. The van der Waals surface area contributed by atoms with Crippen molar-refractivity contribution in [2.75, 3.05) is 12.3 Å². The molecular formula is C14H18N6O2S. The second-order valence-electron chi connectivity index (χ2n) is 4.70. The first-order chi connectivity index (χ1) is 11.2. The van der Waals surface area contributed by atoms with Gasteiger partial charge < -0.3 is 5.32 Å². The van der Waals surface area contributed by atoms with Gasteiger partial charge >= 0.3 is 6.03 Å². The fraction of sp³-hybridized carbons (Fsp3) is 0.357. The number of nitrogens with zero attached hydrogens (tertiary/aromatic N) is 4. The van der Waals surface area contributed by atoms with E-state index in [1.54, 1.807) is 4.68 Å². The van der Waals surface area contributed by atoms with Gasteiger partial charge in [0, 0.05) is 6.54 Å². The highest BCUT2D eigenvalue weighted by molar-refractivity contribution is 7.99. The third-order valence-corrected chi connectivity index (χ3v) is 3.75. The minimum atomic E-state index is -0.485. The molecule has 3 amide bonds. The molecule has 2 N–H and O–H groups in total. The molecule has 8 nitrogen and oxygen atoms in total. The molecule has 2 rings (SSSR count). The van der Waals surface area contributed by atoms with E-state index >= 15 is 0 Å². The third kappa shape index (κ3) is 5.70. The number of tetrazole rings is 1. The summed E-state index contributed by atoms with van der Waals surface area (Å²) in [5.74, 6) is -0.327. The molecule has 1 aromatic carbocycles. The van der Waals surface area contributed by atoms with Crippen molar-refractivity contribution >= 4 is 23.7 Å². The average Bonchev–Trinajstić information content (AvgIpc) is 2.99. The molecule has 122 valence electrons. The van der Waals surface area contributed by atoms with Gasteiger partial charge in [-0.1, -0.05) is 49.0 Å². The topological polar surface area (TPSA) is 102 Å². The third-order valence-electron chi connectivity index (χ3n) is 2.80.